The van der Waals surface area contributed by atoms with Gasteiger partial charge in [0.1, 0.15) is 18.1 Å². The molecule has 0 unspecified atom stereocenters. The largest absolute Gasteiger partial charge is 0.388 e. The first-order valence-electron chi connectivity index (χ1n) is 6.47. The van der Waals surface area contributed by atoms with Crippen LogP contribution in [0.15, 0.2) is 30.5 Å². The third kappa shape index (κ3) is 2.52. The average Bonchev–Trinajstić information content (AvgIpc) is 3.06. The molecule has 2 N–H and O–H groups in total. The van der Waals surface area contributed by atoms with Gasteiger partial charge in [0.25, 0.3) is 5.91 Å². The van der Waals surface area contributed by atoms with E-state index in [4.69, 9.17) is 0 Å². The van der Waals surface area contributed by atoms with Gasteiger partial charge in [0.15, 0.2) is 0 Å². The van der Waals surface area contributed by atoms with Crippen LogP contribution in [0, 0.1) is 5.82 Å². The molecular weight excluding hydrogens is 280 g/mol. The molecule has 0 saturated carbocycles. The molecule has 2 aromatic rings. The molecule has 21 heavy (non-hydrogen) atoms. The third-order valence-corrected chi connectivity index (χ3v) is 3.49. The van der Waals surface area contributed by atoms with Crippen molar-refractivity contribution in [3.8, 4) is 11.3 Å². The zero-order chi connectivity index (χ0) is 15.0. The number of benzene rings is 1. The van der Waals surface area contributed by atoms with Gasteiger partial charge in [0.2, 0.25) is 0 Å². The third-order valence-electron chi connectivity index (χ3n) is 3.49. The summed E-state index contributed by atoms with van der Waals surface area (Å²) in [5.74, 6) is -0.872. The number of halogens is 2. The number of aliphatic hydroxyl groups excluding tert-OH is 1. The van der Waals surface area contributed by atoms with Gasteiger partial charge in [0.05, 0.1) is 24.0 Å². The number of carbonyl (C=O) groups excluding carboxylic acids is 1. The number of nitrogens with zero attached hydrogens (tertiary/aromatic N) is 2. The first kappa shape index (κ1) is 13.7. The van der Waals surface area contributed by atoms with Crippen molar-refractivity contribution in [3.63, 3.8) is 0 Å². The number of carbonyl (C=O) groups is 1. The number of alkyl halides is 1. The molecule has 1 aromatic heterocycles. The molecule has 1 saturated heterocycles. The lowest BCUT2D eigenvalue weighted by atomic mass is 10.1. The van der Waals surface area contributed by atoms with Crippen molar-refractivity contribution >= 4 is 5.91 Å². The molecule has 2 atom stereocenters. The molecule has 1 aliphatic rings. The molecule has 5 nitrogen and oxygen atoms in total. The van der Waals surface area contributed by atoms with Crippen LogP contribution in [0.3, 0.4) is 0 Å². The first-order valence-corrected chi connectivity index (χ1v) is 6.47. The fraction of sp³-hybridized carbons (Fsp3) is 0.286. The van der Waals surface area contributed by atoms with Crippen LogP contribution >= 0.6 is 0 Å². The Morgan fingerprint density at radius 3 is 2.90 bits per heavy atom. The van der Waals surface area contributed by atoms with Gasteiger partial charge in [-0.1, -0.05) is 12.1 Å². The summed E-state index contributed by atoms with van der Waals surface area (Å²) in [6.07, 6.45) is -1.29. The number of aromatic nitrogens is 2. The molecule has 3 rings (SSSR count). The van der Waals surface area contributed by atoms with E-state index in [-0.39, 0.29) is 18.7 Å². The molecular formula is C14H13F2N3O2. The number of β-amino-alcohol motifs (C(OH)–C–C–N with tert-alkyl or cyclic N) is 1. The number of hydrogen-bond acceptors (Lipinski definition) is 3. The SMILES string of the molecule is O=C(c1cn[nH]c1-c1cccc(F)c1)N1C[C@@H](O)[C@H](F)C1. The molecule has 1 aliphatic heterocycles. The Morgan fingerprint density at radius 2 is 2.24 bits per heavy atom. The second-order valence-corrected chi connectivity index (χ2v) is 4.96. The van der Waals surface area contributed by atoms with E-state index in [1.165, 1.54) is 29.3 Å². The molecule has 0 bridgehead atoms. The molecule has 1 fully saturated rings. The Morgan fingerprint density at radius 1 is 1.43 bits per heavy atom. The van der Waals surface area contributed by atoms with E-state index in [1.54, 1.807) is 6.07 Å². The van der Waals surface area contributed by atoms with Gasteiger partial charge >= 0.3 is 0 Å². The van der Waals surface area contributed by atoms with E-state index < -0.39 is 24.0 Å². The van der Waals surface area contributed by atoms with Crippen LogP contribution in [-0.2, 0) is 0 Å². The summed E-state index contributed by atoms with van der Waals surface area (Å²) >= 11 is 0. The van der Waals surface area contributed by atoms with Gasteiger partial charge in [-0.2, -0.15) is 5.10 Å². The molecule has 1 amide bonds. The highest BCUT2D eigenvalue weighted by Gasteiger charge is 2.35. The van der Waals surface area contributed by atoms with Gasteiger partial charge in [-0.3, -0.25) is 9.89 Å². The van der Waals surface area contributed by atoms with E-state index in [0.717, 1.165) is 0 Å². The molecule has 0 aliphatic carbocycles. The van der Waals surface area contributed by atoms with Crippen molar-refractivity contribution in [3.05, 3.63) is 41.8 Å². The highest BCUT2D eigenvalue weighted by atomic mass is 19.1. The topological polar surface area (TPSA) is 69.2 Å². The van der Waals surface area contributed by atoms with Crippen molar-refractivity contribution in [1.82, 2.24) is 15.1 Å². The summed E-state index contributed by atoms with van der Waals surface area (Å²) in [7, 11) is 0. The molecule has 2 heterocycles. The van der Waals surface area contributed by atoms with E-state index in [2.05, 4.69) is 10.2 Å². The molecule has 0 spiro atoms. The van der Waals surface area contributed by atoms with Gasteiger partial charge in [-0.05, 0) is 12.1 Å². The standard InChI is InChI=1S/C14H13F2N3O2/c15-9-3-1-2-8(4-9)13-10(5-17-18-13)14(21)19-6-11(16)12(20)7-19/h1-5,11-12,20H,6-7H2,(H,17,18)/t11-,12-/m1/s1. The second kappa shape index (κ2) is 5.25. The lowest BCUT2D eigenvalue weighted by molar-refractivity contribution is 0.0765. The summed E-state index contributed by atoms with van der Waals surface area (Å²) in [6, 6.07) is 5.74. The van der Waals surface area contributed by atoms with Crippen molar-refractivity contribution in [2.45, 2.75) is 12.3 Å². The number of H-pyrrole nitrogens is 1. The molecule has 0 radical (unpaired) electrons. The predicted octanol–water partition coefficient (Wildman–Crippen LogP) is 1.37. The quantitative estimate of drug-likeness (QED) is 0.878. The number of hydrogen-bond donors (Lipinski definition) is 2. The maximum atomic E-state index is 13.3. The molecule has 110 valence electrons. The van der Waals surface area contributed by atoms with Crippen molar-refractivity contribution in [2.75, 3.05) is 13.1 Å². The average molecular weight is 293 g/mol. The number of aliphatic hydroxyl groups is 1. The van der Waals surface area contributed by atoms with E-state index in [9.17, 15) is 18.7 Å². The van der Waals surface area contributed by atoms with Gasteiger partial charge < -0.3 is 10.0 Å². The monoisotopic (exact) mass is 293 g/mol. The van der Waals surface area contributed by atoms with Crippen LogP contribution in [0.4, 0.5) is 8.78 Å². The van der Waals surface area contributed by atoms with Crippen molar-refractivity contribution in [1.29, 1.82) is 0 Å². The summed E-state index contributed by atoms with van der Waals surface area (Å²) in [5.41, 5.74) is 1.07. The predicted molar refractivity (Wildman–Crippen MR) is 70.8 cm³/mol. The van der Waals surface area contributed by atoms with Crippen LogP contribution in [0.1, 0.15) is 10.4 Å². The number of likely N-dealkylation sites (tertiary alicyclic amines) is 1. The highest BCUT2D eigenvalue weighted by molar-refractivity contribution is 5.99. The minimum atomic E-state index is -1.45. The Hall–Kier alpha value is -2.28. The summed E-state index contributed by atoms with van der Waals surface area (Å²) in [5, 5.41) is 15.9. The fourth-order valence-corrected chi connectivity index (χ4v) is 2.40. The lowest BCUT2D eigenvalue weighted by Crippen LogP contribution is -2.29. The van der Waals surface area contributed by atoms with Crippen LogP contribution in [0.25, 0.3) is 11.3 Å². The number of amides is 1. The lowest BCUT2D eigenvalue weighted by Gasteiger charge is -2.15. The summed E-state index contributed by atoms with van der Waals surface area (Å²) in [6.45, 7) is -0.221. The Bertz CT molecular complexity index is 664. The van der Waals surface area contributed by atoms with Crippen LogP contribution in [0.2, 0.25) is 0 Å². The Balaban J connectivity index is 1.91. The van der Waals surface area contributed by atoms with Crippen LogP contribution < -0.4 is 0 Å². The normalized spacial score (nSPS) is 21.8. The van der Waals surface area contributed by atoms with Crippen LogP contribution in [-0.4, -0.2) is 51.5 Å². The first-order chi connectivity index (χ1) is 10.1. The summed E-state index contributed by atoms with van der Waals surface area (Å²) in [4.78, 5) is 13.6. The second-order valence-electron chi connectivity index (χ2n) is 4.96. The van der Waals surface area contributed by atoms with E-state index in [0.29, 0.717) is 11.3 Å². The Labute approximate surface area is 119 Å². The van der Waals surface area contributed by atoms with Crippen molar-refractivity contribution < 1.29 is 18.7 Å². The van der Waals surface area contributed by atoms with Gasteiger partial charge in [-0.15, -0.1) is 0 Å². The molecule has 1 aromatic carbocycles. The van der Waals surface area contributed by atoms with Crippen LogP contribution in [0.5, 0.6) is 0 Å². The Kier molecular flexibility index (Phi) is 3.42. The van der Waals surface area contributed by atoms with Gasteiger partial charge in [-0.25, -0.2) is 8.78 Å². The van der Waals surface area contributed by atoms with Crippen molar-refractivity contribution in [2.24, 2.45) is 0 Å². The zero-order valence-corrected chi connectivity index (χ0v) is 11.0. The number of rotatable bonds is 2. The maximum Gasteiger partial charge on any atom is 0.257 e. The minimum Gasteiger partial charge on any atom is -0.388 e. The van der Waals surface area contributed by atoms with Gasteiger partial charge in [0, 0.05) is 12.1 Å². The minimum absolute atomic E-state index is 0.0617. The molecule has 7 heteroatoms. The van der Waals surface area contributed by atoms with E-state index >= 15 is 0 Å². The fourth-order valence-electron chi connectivity index (χ4n) is 2.40. The smallest absolute Gasteiger partial charge is 0.257 e. The number of aromatic amines is 1. The maximum absolute atomic E-state index is 13.3. The highest BCUT2D eigenvalue weighted by Crippen LogP contribution is 2.24. The van der Waals surface area contributed by atoms with E-state index in [1.807, 2.05) is 0 Å². The zero-order valence-electron chi connectivity index (χ0n) is 11.0. The summed E-state index contributed by atoms with van der Waals surface area (Å²) < 4.78 is 26.6. The number of nitrogens with one attached hydrogen (secondary N) is 1.